The van der Waals surface area contributed by atoms with Gasteiger partial charge in [-0.1, -0.05) is 12.1 Å². The Balaban J connectivity index is 2.05. The predicted molar refractivity (Wildman–Crippen MR) is 88.1 cm³/mol. The Bertz CT molecular complexity index is 1030. The van der Waals surface area contributed by atoms with Gasteiger partial charge in [-0.2, -0.15) is 13.2 Å². The highest BCUT2D eigenvalue weighted by Crippen LogP contribution is 2.36. The van der Waals surface area contributed by atoms with Crippen molar-refractivity contribution < 1.29 is 39.9 Å². The van der Waals surface area contributed by atoms with Crippen molar-refractivity contribution in [1.82, 2.24) is 4.98 Å². The molecule has 2 aromatic carbocycles. The first kappa shape index (κ1) is 20.6. The monoisotopic (exact) mass is 422 g/mol. The highest BCUT2D eigenvalue weighted by Gasteiger charge is 2.32. The van der Waals surface area contributed by atoms with E-state index in [9.17, 15) is 35.1 Å². The second kappa shape index (κ2) is 7.37. The number of pyridine rings is 1. The third-order valence-electron chi connectivity index (χ3n) is 3.73. The summed E-state index contributed by atoms with van der Waals surface area (Å²) < 4.78 is 106. The van der Waals surface area contributed by atoms with Crippen LogP contribution in [0.1, 0.15) is 17.7 Å². The van der Waals surface area contributed by atoms with Crippen molar-refractivity contribution in [1.29, 1.82) is 0 Å². The van der Waals surface area contributed by atoms with Crippen molar-refractivity contribution >= 4 is 22.3 Å². The van der Waals surface area contributed by atoms with Crippen LogP contribution in [0, 0.1) is 0 Å². The molecule has 0 aliphatic rings. The van der Waals surface area contributed by atoms with Crippen LogP contribution in [-0.2, 0) is 6.18 Å². The predicted octanol–water partition coefficient (Wildman–Crippen LogP) is 6.83. The zero-order chi connectivity index (χ0) is 21.4. The van der Waals surface area contributed by atoms with Crippen molar-refractivity contribution in [3.63, 3.8) is 0 Å². The topological polar surface area (TPSA) is 34.1 Å². The fourth-order valence-electron chi connectivity index (χ4n) is 2.57. The van der Waals surface area contributed by atoms with Crippen LogP contribution in [0.15, 0.2) is 48.5 Å². The molecule has 0 saturated carbocycles. The van der Waals surface area contributed by atoms with Gasteiger partial charge in [0.2, 0.25) is 0 Å². The summed E-state index contributed by atoms with van der Waals surface area (Å²) >= 11 is 0. The Morgan fingerprint density at radius 3 is 2.24 bits per heavy atom. The number of rotatable bonds is 4. The second-order valence-electron chi connectivity index (χ2n) is 5.83. The van der Waals surface area contributed by atoms with E-state index in [0.29, 0.717) is 6.07 Å². The van der Waals surface area contributed by atoms with Crippen LogP contribution in [0.25, 0.3) is 10.9 Å². The minimum absolute atomic E-state index is 0.0411. The van der Waals surface area contributed by atoms with E-state index in [4.69, 9.17) is 0 Å². The SMILES string of the molecule is FC(F)c1cc(Nc2cccc(OC(F)(F)F)c2)c2ccc(C(F)(F)F)cc2n1. The number of ether oxygens (including phenoxy) is 1. The van der Waals surface area contributed by atoms with Gasteiger partial charge >= 0.3 is 12.5 Å². The van der Waals surface area contributed by atoms with E-state index in [1.807, 2.05) is 0 Å². The number of hydrogen-bond acceptors (Lipinski definition) is 3. The normalized spacial score (nSPS) is 12.4. The van der Waals surface area contributed by atoms with Gasteiger partial charge in [0, 0.05) is 22.8 Å². The number of anilines is 2. The summed E-state index contributed by atoms with van der Waals surface area (Å²) in [5.74, 6) is -0.561. The summed E-state index contributed by atoms with van der Waals surface area (Å²) in [5, 5.41) is 2.70. The molecule has 0 unspecified atom stereocenters. The van der Waals surface area contributed by atoms with E-state index < -0.39 is 36.0 Å². The van der Waals surface area contributed by atoms with Gasteiger partial charge in [-0.3, -0.25) is 0 Å². The fraction of sp³-hybridized carbons (Fsp3) is 0.167. The van der Waals surface area contributed by atoms with E-state index in [-0.39, 0.29) is 22.3 Å². The number of benzene rings is 2. The van der Waals surface area contributed by atoms with Crippen molar-refractivity contribution in [2.45, 2.75) is 19.0 Å². The van der Waals surface area contributed by atoms with E-state index in [2.05, 4.69) is 15.0 Å². The summed E-state index contributed by atoms with van der Waals surface area (Å²) in [6.45, 7) is 0. The number of hydrogen-bond donors (Lipinski definition) is 1. The van der Waals surface area contributed by atoms with Crippen LogP contribution < -0.4 is 10.1 Å². The molecular formula is C18H10F8N2O. The highest BCUT2D eigenvalue weighted by atomic mass is 19.4. The molecule has 3 aromatic rings. The van der Waals surface area contributed by atoms with Crippen LogP contribution in [0.5, 0.6) is 5.75 Å². The molecule has 0 fully saturated rings. The lowest BCUT2D eigenvalue weighted by atomic mass is 10.1. The van der Waals surface area contributed by atoms with Gasteiger partial charge in [-0.15, -0.1) is 13.2 Å². The molecule has 0 bridgehead atoms. The number of aromatic nitrogens is 1. The average molecular weight is 422 g/mol. The first-order valence-corrected chi connectivity index (χ1v) is 7.85. The molecule has 1 N–H and O–H groups in total. The molecule has 0 aliphatic carbocycles. The Morgan fingerprint density at radius 2 is 1.62 bits per heavy atom. The largest absolute Gasteiger partial charge is 0.573 e. The molecule has 11 heteroatoms. The standard InChI is InChI=1S/C18H10F8N2O/c19-16(20)15-8-14(12-5-4-9(17(21,22)23)6-13(12)28-15)27-10-2-1-3-11(7-10)29-18(24,25)26/h1-8,16H,(H,27,28). The maximum absolute atomic E-state index is 13.1. The number of halogens is 8. The van der Waals surface area contributed by atoms with Crippen molar-refractivity contribution in [3.8, 4) is 5.75 Å². The maximum atomic E-state index is 13.1. The number of nitrogens with zero attached hydrogens (tertiary/aromatic N) is 1. The molecule has 0 aliphatic heterocycles. The fourth-order valence-corrected chi connectivity index (χ4v) is 2.57. The molecule has 1 aromatic heterocycles. The summed E-state index contributed by atoms with van der Waals surface area (Å²) in [6, 6.07) is 7.88. The third-order valence-corrected chi connectivity index (χ3v) is 3.73. The van der Waals surface area contributed by atoms with Crippen molar-refractivity contribution in [2.75, 3.05) is 5.32 Å². The summed E-state index contributed by atoms with van der Waals surface area (Å²) in [5.41, 5.74) is -2.22. The van der Waals surface area contributed by atoms with Crippen molar-refractivity contribution in [2.24, 2.45) is 0 Å². The van der Waals surface area contributed by atoms with Gasteiger partial charge in [0.05, 0.1) is 11.1 Å². The first-order valence-electron chi connectivity index (χ1n) is 7.85. The van der Waals surface area contributed by atoms with Gasteiger partial charge in [0.15, 0.2) is 0 Å². The van der Waals surface area contributed by atoms with Gasteiger partial charge in [-0.25, -0.2) is 13.8 Å². The van der Waals surface area contributed by atoms with Gasteiger partial charge in [0.25, 0.3) is 6.43 Å². The van der Waals surface area contributed by atoms with E-state index >= 15 is 0 Å². The smallest absolute Gasteiger partial charge is 0.406 e. The molecule has 29 heavy (non-hydrogen) atoms. The molecule has 0 radical (unpaired) electrons. The van der Waals surface area contributed by atoms with Crippen LogP contribution in [-0.4, -0.2) is 11.3 Å². The zero-order valence-corrected chi connectivity index (χ0v) is 14.1. The molecule has 1 heterocycles. The molecule has 0 saturated heterocycles. The lowest BCUT2D eigenvalue weighted by Crippen LogP contribution is -2.17. The van der Waals surface area contributed by atoms with Crippen LogP contribution >= 0.6 is 0 Å². The Labute approximate surface area is 157 Å². The third kappa shape index (κ3) is 5.04. The summed E-state index contributed by atoms with van der Waals surface area (Å²) in [7, 11) is 0. The average Bonchev–Trinajstić information content (AvgIpc) is 2.59. The van der Waals surface area contributed by atoms with Gasteiger partial charge in [-0.05, 0) is 30.3 Å². The molecule has 3 rings (SSSR count). The Kier molecular flexibility index (Phi) is 5.24. The van der Waals surface area contributed by atoms with E-state index in [1.54, 1.807) is 0 Å². The first-order chi connectivity index (χ1) is 13.4. The number of alkyl halides is 8. The maximum Gasteiger partial charge on any atom is 0.573 e. The molecular weight excluding hydrogens is 412 g/mol. The summed E-state index contributed by atoms with van der Waals surface area (Å²) in [4.78, 5) is 3.55. The Hall–Kier alpha value is -3.11. The van der Waals surface area contributed by atoms with E-state index in [0.717, 1.165) is 30.3 Å². The number of fused-ring (bicyclic) bond motifs is 1. The summed E-state index contributed by atoms with van der Waals surface area (Å²) in [6.07, 6.45) is -12.7. The van der Waals surface area contributed by atoms with Gasteiger partial charge < -0.3 is 10.1 Å². The van der Waals surface area contributed by atoms with Crippen molar-refractivity contribution in [3.05, 3.63) is 59.8 Å². The zero-order valence-electron chi connectivity index (χ0n) is 14.1. The molecule has 154 valence electrons. The van der Waals surface area contributed by atoms with Gasteiger partial charge in [0.1, 0.15) is 11.4 Å². The second-order valence-corrected chi connectivity index (χ2v) is 5.83. The quantitative estimate of drug-likeness (QED) is 0.468. The minimum atomic E-state index is -4.93. The molecule has 0 amide bonds. The highest BCUT2D eigenvalue weighted by molar-refractivity contribution is 5.93. The van der Waals surface area contributed by atoms with E-state index in [1.165, 1.54) is 12.1 Å². The number of nitrogens with one attached hydrogen (secondary N) is 1. The van der Waals surface area contributed by atoms with Crippen LogP contribution in [0.2, 0.25) is 0 Å². The Morgan fingerprint density at radius 1 is 0.897 bits per heavy atom. The van der Waals surface area contributed by atoms with Crippen LogP contribution in [0.4, 0.5) is 46.5 Å². The molecule has 3 nitrogen and oxygen atoms in total. The molecule has 0 atom stereocenters. The lowest BCUT2D eigenvalue weighted by molar-refractivity contribution is -0.274. The van der Waals surface area contributed by atoms with Crippen LogP contribution in [0.3, 0.4) is 0 Å². The molecule has 0 spiro atoms. The minimum Gasteiger partial charge on any atom is -0.406 e. The lowest BCUT2D eigenvalue weighted by Gasteiger charge is -2.15.